The summed E-state index contributed by atoms with van der Waals surface area (Å²) in [5.74, 6) is -0.584. The van der Waals surface area contributed by atoms with Gasteiger partial charge in [0.2, 0.25) is 0 Å². The van der Waals surface area contributed by atoms with E-state index in [9.17, 15) is 27.6 Å². The molecule has 0 radical (unpaired) electrons. The minimum absolute atomic E-state index is 0.0725. The first kappa shape index (κ1) is 24.8. The van der Waals surface area contributed by atoms with E-state index >= 15 is 0 Å². The predicted molar refractivity (Wildman–Crippen MR) is 129 cm³/mol. The highest BCUT2D eigenvalue weighted by atomic mass is 19.4. The van der Waals surface area contributed by atoms with Crippen LogP contribution in [0.1, 0.15) is 40.9 Å². The average Bonchev–Trinajstić information content (AvgIpc) is 2.83. The van der Waals surface area contributed by atoms with Crippen molar-refractivity contribution in [3.63, 3.8) is 0 Å². The predicted octanol–water partition coefficient (Wildman–Crippen LogP) is 3.85. The average molecular weight is 499 g/mol. The fourth-order valence-corrected chi connectivity index (χ4v) is 3.96. The Morgan fingerprint density at radius 1 is 1.08 bits per heavy atom. The van der Waals surface area contributed by atoms with E-state index in [1.54, 1.807) is 29.2 Å². The number of urea groups is 1. The van der Waals surface area contributed by atoms with Gasteiger partial charge in [0.05, 0.1) is 22.9 Å². The monoisotopic (exact) mass is 499 g/mol. The zero-order chi connectivity index (χ0) is 26.0. The molecule has 1 saturated heterocycles. The molecule has 0 aliphatic carbocycles. The minimum Gasteiger partial charge on any atom is -0.399 e. The van der Waals surface area contributed by atoms with E-state index in [1.165, 1.54) is 35.9 Å². The number of nitrogens with zero attached hydrogens (tertiary/aromatic N) is 2. The van der Waals surface area contributed by atoms with Gasteiger partial charge in [-0.2, -0.15) is 13.2 Å². The topological polar surface area (TPSA) is 109 Å². The van der Waals surface area contributed by atoms with Gasteiger partial charge < -0.3 is 16.4 Å². The van der Waals surface area contributed by atoms with Crippen LogP contribution >= 0.6 is 0 Å². The number of alkyl halides is 3. The number of pyridine rings is 1. The molecule has 8 nitrogen and oxygen atoms in total. The van der Waals surface area contributed by atoms with Gasteiger partial charge in [0.25, 0.3) is 11.5 Å². The summed E-state index contributed by atoms with van der Waals surface area (Å²) in [6.45, 7) is 2.66. The highest BCUT2D eigenvalue weighted by Gasteiger charge is 2.31. The summed E-state index contributed by atoms with van der Waals surface area (Å²) in [4.78, 5) is 39.2. The first-order valence-electron chi connectivity index (χ1n) is 11.2. The lowest BCUT2D eigenvalue weighted by Gasteiger charge is -2.27. The number of aromatic nitrogens is 1. The third-order valence-electron chi connectivity index (χ3n) is 5.83. The highest BCUT2D eigenvalue weighted by Crippen LogP contribution is 2.32. The molecule has 4 N–H and O–H groups in total. The number of carbonyl (C=O) groups excluding carboxylic acids is 2. The van der Waals surface area contributed by atoms with Crippen molar-refractivity contribution in [2.24, 2.45) is 0 Å². The molecule has 4 rings (SSSR count). The Morgan fingerprint density at radius 2 is 1.83 bits per heavy atom. The van der Waals surface area contributed by atoms with E-state index in [1.807, 2.05) is 0 Å². The van der Waals surface area contributed by atoms with Crippen LogP contribution in [0.2, 0.25) is 0 Å². The summed E-state index contributed by atoms with van der Waals surface area (Å²) in [6, 6.07) is 11.5. The van der Waals surface area contributed by atoms with Crippen molar-refractivity contribution >= 4 is 23.3 Å². The molecule has 0 spiro atoms. The Balaban J connectivity index is 1.58. The van der Waals surface area contributed by atoms with Gasteiger partial charge in [-0.05, 0) is 61.4 Å². The maximum atomic E-state index is 13.2. The number of nitrogens with one attached hydrogen (secondary N) is 2. The van der Waals surface area contributed by atoms with E-state index in [0.29, 0.717) is 24.5 Å². The van der Waals surface area contributed by atoms with Crippen molar-refractivity contribution in [3.05, 3.63) is 87.8 Å². The van der Waals surface area contributed by atoms with E-state index in [2.05, 4.69) is 10.6 Å². The van der Waals surface area contributed by atoms with Gasteiger partial charge in [0.1, 0.15) is 0 Å². The molecule has 11 heteroatoms. The number of anilines is 2. The standard InChI is InChI=1S/C25H24F3N5O3/c1-15(17-10-18(25(26,27)28)12-19(29)11-17)31-23(35)16-6-7-22(34)33(14-16)21-5-2-4-20(13-21)32-9-3-8-30-24(32)36/h2,4-7,10-15H,3,8-9,29H2,1H3,(H,30,36)(H,31,35)/t15-/m1/s1. The van der Waals surface area contributed by atoms with E-state index < -0.39 is 29.2 Å². The number of benzene rings is 2. The summed E-state index contributed by atoms with van der Waals surface area (Å²) in [5.41, 5.74) is 5.62. The normalized spacial score (nSPS) is 14.8. The summed E-state index contributed by atoms with van der Waals surface area (Å²) in [6.07, 6.45) is -2.45. The lowest BCUT2D eigenvalue weighted by Crippen LogP contribution is -2.46. The number of hydrogen-bond acceptors (Lipinski definition) is 4. The molecule has 0 saturated carbocycles. The Hall–Kier alpha value is -4.28. The first-order chi connectivity index (χ1) is 17.0. The number of halogens is 3. The maximum Gasteiger partial charge on any atom is 0.416 e. The van der Waals surface area contributed by atoms with Crippen LogP contribution in [0, 0.1) is 0 Å². The zero-order valence-electron chi connectivity index (χ0n) is 19.3. The van der Waals surface area contributed by atoms with Gasteiger partial charge in [0.15, 0.2) is 0 Å². The fourth-order valence-electron chi connectivity index (χ4n) is 3.96. The molecule has 1 fully saturated rings. The molecule has 0 bridgehead atoms. The van der Waals surface area contributed by atoms with Crippen molar-refractivity contribution in [1.82, 2.24) is 15.2 Å². The molecule has 1 aliphatic rings. The summed E-state index contributed by atoms with van der Waals surface area (Å²) >= 11 is 0. The van der Waals surface area contributed by atoms with Gasteiger partial charge >= 0.3 is 12.2 Å². The second-order valence-electron chi connectivity index (χ2n) is 8.46. The summed E-state index contributed by atoms with van der Waals surface area (Å²) in [7, 11) is 0. The second kappa shape index (κ2) is 9.76. The quantitative estimate of drug-likeness (QED) is 0.464. The Morgan fingerprint density at radius 3 is 2.56 bits per heavy atom. The van der Waals surface area contributed by atoms with Gasteiger partial charge in [0, 0.05) is 36.7 Å². The SMILES string of the molecule is C[C@@H](NC(=O)c1ccc(=O)n(-c2cccc(N3CCCNC3=O)c2)c1)c1cc(N)cc(C(F)(F)F)c1. The third-order valence-corrected chi connectivity index (χ3v) is 5.83. The van der Waals surface area contributed by atoms with Crippen LogP contribution in [-0.2, 0) is 6.18 Å². The van der Waals surface area contributed by atoms with E-state index in [4.69, 9.17) is 5.73 Å². The van der Waals surface area contributed by atoms with Crippen LogP contribution < -0.4 is 26.8 Å². The molecule has 188 valence electrons. The first-order valence-corrected chi connectivity index (χ1v) is 11.2. The molecule has 3 aromatic rings. The van der Waals surface area contributed by atoms with Gasteiger partial charge in [-0.1, -0.05) is 6.07 Å². The van der Waals surface area contributed by atoms with Crippen molar-refractivity contribution < 1.29 is 22.8 Å². The molecular formula is C25H24F3N5O3. The number of rotatable bonds is 5. The Bertz CT molecular complexity index is 1370. The number of carbonyl (C=O) groups is 2. The molecule has 36 heavy (non-hydrogen) atoms. The number of nitrogens with two attached hydrogens (primary N) is 1. The van der Waals surface area contributed by atoms with E-state index in [0.717, 1.165) is 18.6 Å². The summed E-state index contributed by atoms with van der Waals surface area (Å²) in [5, 5.41) is 5.41. The smallest absolute Gasteiger partial charge is 0.399 e. The third kappa shape index (κ3) is 5.35. The van der Waals surface area contributed by atoms with Crippen LogP contribution in [-0.4, -0.2) is 29.6 Å². The molecule has 2 aromatic carbocycles. The molecular weight excluding hydrogens is 475 g/mol. The van der Waals surface area contributed by atoms with Crippen LogP contribution in [0.15, 0.2) is 65.6 Å². The summed E-state index contributed by atoms with van der Waals surface area (Å²) < 4.78 is 40.7. The van der Waals surface area contributed by atoms with Crippen LogP contribution in [0.5, 0.6) is 0 Å². The molecule has 3 amide bonds. The van der Waals surface area contributed by atoms with Crippen molar-refractivity contribution in [2.45, 2.75) is 25.6 Å². The maximum absolute atomic E-state index is 13.2. The zero-order valence-corrected chi connectivity index (χ0v) is 19.3. The number of amides is 3. The van der Waals surface area contributed by atoms with Crippen molar-refractivity contribution in [2.75, 3.05) is 23.7 Å². The lowest BCUT2D eigenvalue weighted by atomic mass is 10.0. The fraction of sp³-hybridized carbons (Fsp3) is 0.240. The molecule has 1 atom stereocenters. The van der Waals surface area contributed by atoms with Crippen molar-refractivity contribution in [3.8, 4) is 5.69 Å². The largest absolute Gasteiger partial charge is 0.416 e. The van der Waals surface area contributed by atoms with Gasteiger partial charge in [-0.15, -0.1) is 0 Å². The van der Waals surface area contributed by atoms with Gasteiger partial charge in [-0.3, -0.25) is 19.1 Å². The minimum atomic E-state index is -4.58. The number of nitrogen functional groups attached to an aromatic ring is 1. The molecule has 0 unspecified atom stereocenters. The number of hydrogen-bond donors (Lipinski definition) is 3. The highest BCUT2D eigenvalue weighted by molar-refractivity contribution is 5.94. The van der Waals surface area contributed by atoms with Gasteiger partial charge in [-0.25, -0.2) is 4.79 Å². The molecule has 1 aromatic heterocycles. The van der Waals surface area contributed by atoms with Crippen LogP contribution in [0.3, 0.4) is 0 Å². The Kier molecular flexibility index (Phi) is 6.73. The van der Waals surface area contributed by atoms with Crippen molar-refractivity contribution in [1.29, 1.82) is 0 Å². The molecule has 2 heterocycles. The second-order valence-corrected chi connectivity index (χ2v) is 8.46. The lowest BCUT2D eigenvalue weighted by molar-refractivity contribution is -0.137. The molecule has 1 aliphatic heterocycles. The van der Waals surface area contributed by atoms with E-state index in [-0.39, 0.29) is 22.8 Å². The van der Waals surface area contributed by atoms with Crippen LogP contribution in [0.4, 0.5) is 29.3 Å². The Labute approximate surface area is 204 Å². The van der Waals surface area contributed by atoms with Crippen LogP contribution in [0.25, 0.3) is 5.69 Å².